The van der Waals surface area contributed by atoms with Crippen LogP contribution < -0.4 is 10.2 Å². The molecule has 0 spiro atoms. The average Bonchev–Trinajstić information content (AvgIpc) is 3.43. The molecule has 11 nitrogen and oxygen atoms in total. The maximum atomic E-state index is 12.0. The number of carbonyl (C=O) groups is 2. The highest BCUT2D eigenvalue weighted by Gasteiger charge is 2.50. The summed E-state index contributed by atoms with van der Waals surface area (Å²) in [6, 6.07) is 7.36. The molecular formula is C19H24N6O5. The van der Waals surface area contributed by atoms with E-state index >= 15 is 0 Å². The van der Waals surface area contributed by atoms with Crippen LogP contribution in [0.2, 0.25) is 0 Å². The Morgan fingerprint density at radius 3 is 2.60 bits per heavy atom. The minimum atomic E-state index is -1.01. The molecule has 2 aliphatic heterocycles. The van der Waals surface area contributed by atoms with Gasteiger partial charge in [-0.25, -0.2) is 4.68 Å². The molecule has 30 heavy (non-hydrogen) atoms. The first kappa shape index (κ1) is 20.2. The summed E-state index contributed by atoms with van der Waals surface area (Å²) in [6.07, 6.45) is -0.931. The first-order chi connectivity index (χ1) is 14.4. The zero-order chi connectivity index (χ0) is 21.3. The number of amides is 1. The molecule has 0 unspecified atom stereocenters. The molecule has 0 radical (unpaired) electrons. The molecule has 3 heterocycles. The number of carbonyl (C=O) groups excluding carboxylic acids is 1. The summed E-state index contributed by atoms with van der Waals surface area (Å²) < 4.78 is 13.5. The largest absolute Gasteiger partial charge is 0.481 e. The minimum Gasteiger partial charge on any atom is -0.481 e. The number of nitrogens with one attached hydrogen (secondary N) is 1. The van der Waals surface area contributed by atoms with Crippen molar-refractivity contribution in [2.75, 3.05) is 32.2 Å². The van der Waals surface area contributed by atoms with Crippen molar-refractivity contribution in [3.8, 4) is 11.4 Å². The number of rotatable bonds is 7. The maximum Gasteiger partial charge on any atom is 0.303 e. The Bertz CT molecular complexity index is 914. The van der Waals surface area contributed by atoms with Crippen molar-refractivity contribution in [2.24, 2.45) is 0 Å². The van der Waals surface area contributed by atoms with Gasteiger partial charge in [-0.1, -0.05) is 0 Å². The molecule has 1 amide bonds. The van der Waals surface area contributed by atoms with Crippen molar-refractivity contribution in [1.29, 1.82) is 0 Å². The predicted molar refractivity (Wildman–Crippen MR) is 105 cm³/mol. The van der Waals surface area contributed by atoms with Gasteiger partial charge in [0, 0.05) is 31.8 Å². The Morgan fingerprint density at radius 1 is 1.17 bits per heavy atom. The molecule has 0 aliphatic carbocycles. The van der Waals surface area contributed by atoms with Crippen molar-refractivity contribution in [3.05, 3.63) is 24.3 Å². The maximum absolute atomic E-state index is 12.0. The number of benzene rings is 1. The Balaban J connectivity index is 1.46. The number of aliphatic carboxylic acids is 1. The number of carboxylic acids is 1. The van der Waals surface area contributed by atoms with Crippen LogP contribution in [0.25, 0.3) is 11.4 Å². The highest BCUT2D eigenvalue weighted by atomic mass is 16.6. The average molecular weight is 416 g/mol. The van der Waals surface area contributed by atoms with Crippen LogP contribution in [0.5, 0.6) is 0 Å². The van der Waals surface area contributed by atoms with Gasteiger partial charge in [-0.05, 0) is 34.7 Å². The summed E-state index contributed by atoms with van der Waals surface area (Å²) in [4.78, 5) is 24.6. The number of anilines is 1. The van der Waals surface area contributed by atoms with Crippen LogP contribution >= 0.6 is 0 Å². The van der Waals surface area contributed by atoms with E-state index in [9.17, 15) is 9.59 Å². The van der Waals surface area contributed by atoms with Gasteiger partial charge in [0.1, 0.15) is 18.2 Å². The molecule has 2 saturated heterocycles. The normalized spacial score (nSPS) is 25.1. The molecule has 0 bridgehead atoms. The number of hydrogen-bond donors (Lipinski definition) is 2. The second kappa shape index (κ2) is 8.36. The highest BCUT2D eigenvalue weighted by molar-refractivity contribution is 5.80. The molecule has 1 aromatic carbocycles. The van der Waals surface area contributed by atoms with Gasteiger partial charge in [0.15, 0.2) is 5.82 Å². The lowest BCUT2D eigenvalue weighted by molar-refractivity contribution is -0.139. The third-order valence-electron chi connectivity index (χ3n) is 5.39. The van der Waals surface area contributed by atoms with Crippen LogP contribution in [0.4, 0.5) is 5.69 Å². The van der Waals surface area contributed by atoms with Crippen LogP contribution in [-0.2, 0) is 19.1 Å². The van der Waals surface area contributed by atoms with Gasteiger partial charge in [0.05, 0.1) is 25.7 Å². The van der Waals surface area contributed by atoms with Crippen molar-refractivity contribution >= 4 is 17.6 Å². The van der Waals surface area contributed by atoms with Crippen molar-refractivity contribution in [1.82, 2.24) is 25.5 Å². The van der Waals surface area contributed by atoms with E-state index in [4.69, 9.17) is 14.6 Å². The second-order valence-corrected chi connectivity index (χ2v) is 7.62. The van der Waals surface area contributed by atoms with Gasteiger partial charge in [0.25, 0.3) is 0 Å². The third kappa shape index (κ3) is 3.98. The van der Waals surface area contributed by atoms with Crippen LogP contribution in [-0.4, -0.2) is 82.7 Å². The molecule has 160 valence electrons. The summed E-state index contributed by atoms with van der Waals surface area (Å²) >= 11 is 0. The van der Waals surface area contributed by atoms with Gasteiger partial charge in [0.2, 0.25) is 5.91 Å². The Labute approximate surface area is 172 Å². The SMILES string of the molecule is CN(C)c1ccc(-c2nnnn2[C@@H]2CO[C@@H]3[C@@H]2OC[C@@H]3NC(=O)CCC(=O)O)cc1. The van der Waals surface area contributed by atoms with Crippen molar-refractivity contribution in [2.45, 2.75) is 37.1 Å². The summed E-state index contributed by atoms with van der Waals surface area (Å²) in [7, 11) is 3.95. The highest BCUT2D eigenvalue weighted by Crippen LogP contribution is 2.35. The fourth-order valence-electron chi connectivity index (χ4n) is 3.83. The van der Waals surface area contributed by atoms with Crippen LogP contribution in [0, 0.1) is 0 Å². The Morgan fingerprint density at radius 2 is 1.90 bits per heavy atom. The van der Waals surface area contributed by atoms with E-state index < -0.39 is 5.97 Å². The van der Waals surface area contributed by atoms with Crippen LogP contribution in [0.3, 0.4) is 0 Å². The number of carboxylic acid groups (broad SMARTS) is 1. The van der Waals surface area contributed by atoms with Gasteiger partial charge in [-0.15, -0.1) is 5.10 Å². The number of nitrogens with zero attached hydrogens (tertiary/aromatic N) is 5. The third-order valence-corrected chi connectivity index (χ3v) is 5.39. The first-order valence-corrected chi connectivity index (χ1v) is 9.74. The first-order valence-electron chi connectivity index (χ1n) is 9.74. The Kier molecular flexibility index (Phi) is 5.64. The number of hydrogen-bond acceptors (Lipinski definition) is 8. The molecule has 11 heteroatoms. The predicted octanol–water partition coefficient (Wildman–Crippen LogP) is 0.0944. The van der Waals surface area contributed by atoms with E-state index in [2.05, 4.69) is 20.8 Å². The Hall–Kier alpha value is -3.05. The van der Waals surface area contributed by atoms with Gasteiger partial charge >= 0.3 is 5.97 Å². The zero-order valence-corrected chi connectivity index (χ0v) is 16.8. The minimum absolute atomic E-state index is 0.0767. The second-order valence-electron chi connectivity index (χ2n) is 7.62. The summed E-state index contributed by atoms with van der Waals surface area (Å²) in [5, 5.41) is 23.7. The molecule has 4 atom stereocenters. The number of ether oxygens (including phenoxy) is 2. The van der Waals surface area contributed by atoms with E-state index in [1.165, 1.54) is 0 Å². The van der Waals surface area contributed by atoms with Gasteiger partial charge in [-0.3, -0.25) is 9.59 Å². The molecule has 0 saturated carbocycles. The lowest BCUT2D eigenvalue weighted by atomic mass is 10.1. The lowest BCUT2D eigenvalue weighted by Crippen LogP contribution is -2.44. The number of fused-ring (bicyclic) bond motifs is 1. The van der Waals surface area contributed by atoms with Gasteiger partial charge < -0.3 is 24.8 Å². The zero-order valence-electron chi connectivity index (χ0n) is 16.8. The van der Waals surface area contributed by atoms with Crippen molar-refractivity contribution < 1.29 is 24.2 Å². The lowest BCUT2D eigenvalue weighted by Gasteiger charge is -2.18. The van der Waals surface area contributed by atoms with Crippen molar-refractivity contribution in [3.63, 3.8) is 0 Å². The van der Waals surface area contributed by atoms with E-state index in [1.807, 2.05) is 43.3 Å². The van der Waals surface area contributed by atoms with Crippen LogP contribution in [0.1, 0.15) is 18.9 Å². The smallest absolute Gasteiger partial charge is 0.303 e. The van der Waals surface area contributed by atoms with Gasteiger partial charge in [-0.2, -0.15) is 0 Å². The molecule has 2 fully saturated rings. The molecular weight excluding hydrogens is 392 g/mol. The summed E-state index contributed by atoms with van der Waals surface area (Å²) in [5.41, 5.74) is 1.95. The monoisotopic (exact) mass is 416 g/mol. The topological polar surface area (TPSA) is 132 Å². The summed E-state index contributed by atoms with van der Waals surface area (Å²) in [5.74, 6) is -0.720. The summed E-state index contributed by atoms with van der Waals surface area (Å²) in [6.45, 7) is 0.643. The quantitative estimate of drug-likeness (QED) is 0.645. The molecule has 2 aromatic rings. The molecule has 2 aliphatic rings. The fourth-order valence-corrected chi connectivity index (χ4v) is 3.83. The number of aromatic nitrogens is 4. The molecule has 4 rings (SSSR count). The van der Waals surface area contributed by atoms with Crippen LogP contribution in [0.15, 0.2) is 24.3 Å². The molecule has 1 aromatic heterocycles. The van der Waals surface area contributed by atoms with E-state index in [0.717, 1.165) is 11.3 Å². The number of tetrazole rings is 1. The standard InChI is InChI=1S/C19H24N6O5/c1-24(2)12-5-3-11(4-6-12)19-21-22-23-25(19)14-10-30-17-13(9-29-18(14)17)20-15(26)7-8-16(27)28/h3-6,13-14,17-18H,7-10H2,1-2H3,(H,20,26)(H,27,28)/t13-,14+,17-,18+/m0/s1. The van der Waals surface area contributed by atoms with E-state index in [0.29, 0.717) is 19.0 Å². The molecule has 2 N–H and O–H groups in total. The van der Waals surface area contributed by atoms with E-state index in [-0.39, 0.29) is 43.0 Å². The fraction of sp³-hybridized carbons (Fsp3) is 0.526. The van der Waals surface area contributed by atoms with E-state index in [1.54, 1.807) is 4.68 Å².